The third-order valence-electron chi connectivity index (χ3n) is 4.04. The van der Waals surface area contributed by atoms with Crippen molar-refractivity contribution in [1.82, 2.24) is 0 Å². The Kier molecular flexibility index (Phi) is 7.00. The standard InChI is InChI=1S/C21H22N2O3/c22-13-7-12-17(20(25)16-10-5-2-6-11-16)18(21(23)26)14-19(24)15-8-3-1-4-9-15/h1-6,8-11H,7,12-14,22H2,(H2,23,26). The molecule has 0 heterocycles. The number of ketones is 2. The highest BCUT2D eigenvalue weighted by Gasteiger charge is 2.22. The van der Waals surface area contributed by atoms with E-state index in [0.29, 0.717) is 30.5 Å². The molecular formula is C21H22N2O3. The van der Waals surface area contributed by atoms with E-state index in [1.807, 2.05) is 0 Å². The van der Waals surface area contributed by atoms with Crippen molar-refractivity contribution in [3.8, 4) is 0 Å². The van der Waals surface area contributed by atoms with Crippen LogP contribution in [0.3, 0.4) is 0 Å². The van der Waals surface area contributed by atoms with Crippen molar-refractivity contribution < 1.29 is 14.4 Å². The largest absolute Gasteiger partial charge is 0.366 e. The monoisotopic (exact) mass is 350 g/mol. The summed E-state index contributed by atoms with van der Waals surface area (Å²) in [4.78, 5) is 37.5. The lowest BCUT2D eigenvalue weighted by molar-refractivity contribution is -0.114. The molecule has 0 aliphatic carbocycles. The summed E-state index contributed by atoms with van der Waals surface area (Å²) in [6.07, 6.45) is 0.604. The Balaban J connectivity index is 2.42. The molecule has 2 aromatic rings. The average Bonchev–Trinajstić information content (AvgIpc) is 2.68. The lowest BCUT2D eigenvalue weighted by Crippen LogP contribution is -2.22. The molecule has 2 rings (SSSR count). The van der Waals surface area contributed by atoms with E-state index in [-0.39, 0.29) is 29.1 Å². The second-order valence-electron chi connectivity index (χ2n) is 5.87. The molecule has 5 heteroatoms. The van der Waals surface area contributed by atoms with E-state index in [1.165, 1.54) is 0 Å². The van der Waals surface area contributed by atoms with Crippen molar-refractivity contribution in [1.29, 1.82) is 0 Å². The number of amides is 1. The van der Waals surface area contributed by atoms with Gasteiger partial charge in [0, 0.05) is 28.7 Å². The molecule has 0 aliphatic heterocycles. The van der Waals surface area contributed by atoms with E-state index < -0.39 is 5.91 Å². The fourth-order valence-corrected chi connectivity index (χ4v) is 2.67. The summed E-state index contributed by atoms with van der Waals surface area (Å²) in [6.45, 7) is 0.365. The van der Waals surface area contributed by atoms with Gasteiger partial charge < -0.3 is 11.5 Å². The van der Waals surface area contributed by atoms with Crippen LogP contribution in [0.25, 0.3) is 0 Å². The molecule has 0 saturated heterocycles. The number of nitrogens with two attached hydrogens (primary N) is 2. The van der Waals surface area contributed by atoms with E-state index in [2.05, 4.69) is 0 Å². The first-order chi connectivity index (χ1) is 12.5. The number of carbonyl (C=O) groups is 3. The summed E-state index contributed by atoms with van der Waals surface area (Å²) in [7, 11) is 0. The molecule has 4 N–H and O–H groups in total. The number of Topliss-reactive ketones (excluding diaryl/α,β-unsaturated/α-hetero) is 2. The summed E-state index contributed by atoms with van der Waals surface area (Å²) >= 11 is 0. The van der Waals surface area contributed by atoms with Gasteiger partial charge in [-0.1, -0.05) is 60.7 Å². The zero-order valence-electron chi connectivity index (χ0n) is 14.5. The zero-order valence-corrected chi connectivity index (χ0v) is 14.5. The van der Waals surface area contributed by atoms with Crippen LogP contribution >= 0.6 is 0 Å². The van der Waals surface area contributed by atoms with Crippen molar-refractivity contribution in [3.05, 3.63) is 82.9 Å². The zero-order chi connectivity index (χ0) is 18.9. The molecule has 0 spiro atoms. The topological polar surface area (TPSA) is 103 Å². The number of primary amides is 1. The van der Waals surface area contributed by atoms with Crippen LogP contribution in [-0.4, -0.2) is 24.0 Å². The van der Waals surface area contributed by atoms with Gasteiger partial charge in [-0.25, -0.2) is 0 Å². The van der Waals surface area contributed by atoms with E-state index >= 15 is 0 Å². The lowest BCUT2D eigenvalue weighted by Gasteiger charge is -2.12. The minimum Gasteiger partial charge on any atom is -0.366 e. The van der Waals surface area contributed by atoms with Crippen molar-refractivity contribution in [2.24, 2.45) is 11.5 Å². The minimum atomic E-state index is -0.759. The van der Waals surface area contributed by atoms with Crippen LogP contribution in [0.4, 0.5) is 0 Å². The highest BCUT2D eigenvalue weighted by Crippen LogP contribution is 2.21. The Morgan fingerprint density at radius 2 is 1.31 bits per heavy atom. The Labute approximate surface area is 152 Å². The predicted octanol–water partition coefficient (Wildman–Crippen LogP) is 2.66. The summed E-state index contributed by atoms with van der Waals surface area (Å²) in [5, 5.41) is 0. The maximum atomic E-state index is 12.9. The molecule has 0 atom stereocenters. The van der Waals surface area contributed by atoms with Crippen LogP contribution < -0.4 is 11.5 Å². The molecule has 1 amide bonds. The number of hydrogen-bond acceptors (Lipinski definition) is 4. The summed E-state index contributed by atoms with van der Waals surface area (Å²) < 4.78 is 0. The van der Waals surface area contributed by atoms with Gasteiger partial charge in [0.05, 0.1) is 0 Å². The second-order valence-corrected chi connectivity index (χ2v) is 5.87. The third-order valence-corrected chi connectivity index (χ3v) is 4.04. The normalized spacial score (nSPS) is 11.6. The highest BCUT2D eigenvalue weighted by molar-refractivity contribution is 6.15. The Hall–Kier alpha value is -3.05. The van der Waals surface area contributed by atoms with Gasteiger partial charge in [-0.2, -0.15) is 0 Å². The van der Waals surface area contributed by atoms with Gasteiger partial charge in [0.25, 0.3) is 0 Å². The van der Waals surface area contributed by atoms with Gasteiger partial charge in [-0.15, -0.1) is 0 Å². The molecular weight excluding hydrogens is 328 g/mol. The number of hydrogen-bond donors (Lipinski definition) is 2. The molecule has 0 bridgehead atoms. The van der Waals surface area contributed by atoms with Gasteiger partial charge >= 0.3 is 0 Å². The lowest BCUT2D eigenvalue weighted by atomic mass is 9.90. The summed E-state index contributed by atoms with van der Waals surface area (Å²) in [6, 6.07) is 17.2. The molecule has 0 unspecified atom stereocenters. The average molecular weight is 350 g/mol. The van der Waals surface area contributed by atoms with Crippen molar-refractivity contribution in [2.45, 2.75) is 19.3 Å². The van der Waals surface area contributed by atoms with E-state index in [1.54, 1.807) is 60.7 Å². The van der Waals surface area contributed by atoms with Gasteiger partial charge in [-0.05, 0) is 19.4 Å². The number of benzene rings is 2. The molecule has 0 aromatic heterocycles. The van der Waals surface area contributed by atoms with Gasteiger partial charge in [0.15, 0.2) is 11.6 Å². The van der Waals surface area contributed by atoms with Crippen molar-refractivity contribution >= 4 is 17.5 Å². The van der Waals surface area contributed by atoms with Gasteiger partial charge in [-0.3, -0.25) is 14.4 Å². The maximum Gasteiger partial charge on any atom is 0.245 e. The third kappa shape index (κ3) is 4.97. The van der Waals surface area contributed by atoms with Crippen LogP contribution in [0, 0.1) is 0 Å². The number of carbonyl (C=O) groups excluding carboxylic acids is 3. The number of allylic oxidation sites excluding steroid dienone is 1. The van der Waals surface area contributed by atoms with Crippen LogP contribution in [0.1, 0.15) is 40.0 Å². The van der Waals surface area contributed by atoms with Crippen molar-refractivity contribution in [3.63, 3.8) is 0 Å². The van der Waals surface area contributed by atoms with Gasteiger partial charge in [0.1, 0.15) is 0 Å². The predicted molar refractivity (Wildman–Crippen MR) is 101 cm³/mol. The quantitative estimate of drug-likeness (QED) is 0.536. The van der Waals surface area contributed by atoms with E-state index in [4.69, 9.17) is 11.5 Å². The fourth-order valence-electron chi connectivity index (χ4n) is 2.67. The highest BCUT2D eigenvalue weighted by atomic mass is 16.1. The number of rotatable bonds is 9. The molecule has 2 aromatic carbocycles. The minimum absolute atomic E-state index is 0.0566. The van der Waals surface area contributed by atoms with Gasteiger partial charge in [0.2, 0.25) is 5.91 Å². The first-order valence-electron chi connectivity index (χ1n) is 8.44. The molecule has 0 radical (unpaired) electrons. The molecule has 26 heavy (non-hydrogen) atoms. The van der Waals surface area contributed by atoms with E-state index in [9.17, 15) is 14.4 Å². The van der Waals surface area contributed by atoms with Crippen LogP contribution in [0.2, 0.25) is 0 Å². The smallest absolute Gasteiger partial charge is 0.245 e. The Bertz CT molecular complexity index is 812. The molecule has 134 valence electrons. The Morgan fingerprint density at radius 1 is 0.769 bits per heavy atom. The van der Waals surface area contributed by atoms with E-state index in [0.717, 1.165) is 0 Å². The second kappa shape index (κ2) is 9.44. The summed E-state index contributed by atoms with van der Waals surface area (Å²) in [5.74, 6) is -1.31. The Morgan fingerprint density at radius 3 is 1.81 bits per heavy atom. The fraction of sp³-hybridized carbons (Fsp3) is 0.190. The van der Waals surface area contributed by atoms with Crippen LogP contribution in [0.15, 0.2) is 71.8 Å². The molecule has 5 nitrogen and oxygen atoms in total. The van der Waals surface area contributed by atoms with Crippen LogP contribution in [-0.2, 0) is 4.79 Å². The first kappa shape index (κ1) is 19.3. The van der Waals surface area contributed by atoms with Crippen molar-refractivity contribution in [2.75, 3.05) is 6.54 Å². The maximum absolute atomic E-state index is 12.9. The summed E-state index contributed by atoms with van der Waals surface area (Å²) in [5.41, 5.74) is 12.3. The first-order valence-corrected chi connectivity index (χ1v) is 8.44. The van der Waals surface area contributed by atoms with Crippen LogP contribution in [0.5, 0.6) is 0 Å². The molecule has 0 aliphatic rings. The molecule has 0 fully saturated rings. The molecule has 0 saturated carbocycles. The SMILES string of the molecule is NCCCC(C(=O)c1ccccc1)=C(CC(=O)c1ccccc1)C(N)=O.